The van der Waals surface area contributed by atoms with E-state index in [1.54, 1.807) is 0 Å². The lowest BCUT2D eigenvalue weighted by Crippen LogP contribution is -2.50. The van der Waals surface area contributed by atoms with E-state index >= 15 is 0 Å². The van der Waals surface area contributed by atoms with E-state index < -0.39 is 0 Å². The first kappa shape index (κ1) is 16.1. The Labute approximate surface area is 145 Å². The molecule has 1 aromatic rings. The van der Waals surface area contributed by atoms with Gasteiger partial charge in [0.15, 0.2) is 0 Å². The number of carbonyl (C=O) groups excluding carboxylic acids is 1. The van der Waals surface area contributed by atoms with Crippen LogP contribution < -0.4 is 0 Å². The maximum atomic E-state index is 13.1. The van der Waals surface area contributed by atoms with Gasteiger partial charge in [-0.1, -0.05) is 0 Å². The molecule has 3 aliphatic rings. The Balaban J connectivity index is 1.43. The second kappa shape index (κ2) is 6.17. The van der Waals surface area contributed by atoms with E-state index in [1.165, 1.54) is 19.3 Å². The quantitative estimate of drug-likeness (QED) is 0.833. The summed E-state index contributed by atoms with van der Waals surface area (Å²) in [6.07, 6.45) is 9.87. The summed E-state index contributed by atoms with van der Waals surface area (Å²) >= 11 is 0. The maximum Gasteiger partial charge on any atom is 0.230 e. The fraction of sp³-hybridized carbons (Fsp3) is 0.789. The first-order chi connectivity index (χ1) is 11.6. The van der Waals surface area contributed by atoms with Gasteiger partial charge in [0.2, 0.25) is 5.91 Å². The van der Waals surface area contributed by atoms with Crippen LogP contribution in [0.15, 0.2) is 12.4 Å². The molecule has 3 fully saturated rings. The highest BCUT2D eigenvalue weighted by atomic mass is 16.2. The van der Waals surface area contributed by atoms with Gasteiger partial charge in [-0.3, -0.25) is 9.69 Å². The van der Waals surface area contributed by atoms with Crippen LogP contribution in [0.25, 0.3) is 0 Å². The van der Waals surface area contributed by atoms with Crippen molar-refractivity contribution in [2.45, 2.75) is 58.5 Å². The molecule has 4 rings (SSSR count). The standard InChI is InChI=1S/C19H30N4O/c1-15(2)23-11-8-20-17(23)13-21-10-7-19(14-21)6-3-9-22(18(19)24)12-16-4-5-16/h8,11,15-16H,3-7,9-10,12-14H2,1-2H3/t19-/m1/s1. The Morgan fingerprint density at radius 1 is 1.29 bits per heavy atom. The molecule has 24 heavy (non-hydrogen) atoms. The van der Waals surface area contributed by atoms with Crippen LogP contribution in [0.2, 0.25) is 0 Å². The molecule has 2 aliphatic heterocycles. The molecule has 3 heterocycles. The van der Waals surface area contributed by atoms with Gasteiger partial charge in [-0.05, 0) is 58.4 Å². The zero-order chi connectivity index (χ0) is 16.7. The lowest BCUT2D eigenvalue weighted by molar-refractivity contribution is -0.145. The van der Waals surface area contributed by atoms with Gasteiger partial charge in [-0.2, -0.15) is 0 Å². The number of amides is 1. The number of hydrogen-bond acceptors (Lipinski definition) is 3. The van der Waals surface area contributed by atoms with Crippen molar-refractivity contribution in [2.75, 3.05) is 26.2 Å². The molecule has 1 aliphatic carbocycles. The number of piperidine rings is 1. The fourth-order valence-corrected chi connectivity index (χ4v) is 4.55. The van der Waals surface area contributed by atoms with Crippen LogP contribution in [-0.2, 0) is 11.3 Å². The Bertz CT molecular complexity index is 606. The van der Waals surface area contributed by atoms with E-state index in [-0.39, 0.29) is 5.41 Å². The van der Waals surface area contributed by atoms with E-state index in [2.05, 4.69) is 39.4 Å². The minimum absolute atomic E-state index is 0.109. The van der Waals surface area contributed by atoms with Crippen LogP contribution in [0.5, 0.6) is 0 Å². The number of aromatic nitrogens is 2. The van der Waals surface area contributed by atoms with Gasteiger partial charge in [-0.25, -0.2) is 4.98 Å². The molecule has 0 bridgehead atoms. The predicted octanol–water partition coefficient (Wildman–Crippen LogP) is 2.69. The summed E-state index contributed by atoms with van der Waals surface area (Å²) in [5.41, 5.74) is -0.109. The molecular formula is C19H30N4O. The van der Waals surface area contributed by atoms with Gasteiger partial charge in [-0.15, -0.1) is 0 Å². The number of likely N-dealkylation sites (tertiary alicyclic amines) is 2. The van der Waals surface area contributed by atoms with Gasteiger partial charge >= 0.3 is 0 Å². The van der Waals surface area contributed by atoms with Gasteiger partial charge in [0.25, 0.3) is 0 Å². The summed E-state index contributed by atoms with van der Waals surface area (Å²) in [6.45, 7) is 9.18. The number of carbonyl (C=O) groups is 1. The molecule has 0 unspecified atom stereocenters. The van der Waals surface area contributed by atoms with Crippen LogP contribution in [0, 0.1) is 11.3 Å². The van der Waals surface area contributed by atoms with Crippen LogP contribution in [0.1, 0.15) is 57.8 Å². The Hall–Kier alpha value is -1.36. The van der Waals surface area contributed by atoms with E-state index in [9.17, 15) is 4.79 Å². The molecule has 1 saturated carbocycles. The summed E-state index contributed by atoms with van der Waals surface area (Å²) in [4.78, 5) is 22.3. The van der Waals surface area contributed by atoms with Gasteiger partial charge in [0.05, 0.1) is 12.0 Å². The molecule has 5 nitrogen and oxygen atoms in total. The summed E-state index contributed by atoms with van der Waals surface area (Å²) in [5, 5.41) is 0. The van der Waals surface area contributed by atoms with Crippen LogP contribution in [-0.4, -0.2) is 51.4 Å². The number of hydrogen-bond donors (Lipinski definition) is 0. The molecule has 2 saturated heterocycles. The van der Waals surface area contributed by atoms with Crippen molar-refractivity contribution in [3.8, 4) is 0 Å². The highest BCUT2D eigenvalue weighted by Crippen LogP contribution is 2.42. The predicted molar refractivity (Wildman–Crippen MR) is 93.5 cm³/mol. The van der Waals surface area contributed by atoms with Crippen LogP contribution >= 0.6 is 0 Å². The minimum atomic E-state index is -0.109. The number of imidazole rings is 1. The second-order valence-electron chi connectivity index (χ2n) is 8.38. The van der Waals surface area contributed by atoms with Crippen molar-refractivity contribution < 1.29 is 4.79 Å². The molecule has 1 amide bonds. The Morgan fingerprint density at radius 2 is 2.12 bits per heavy atom. The zero-order valence-corrected chi connectivity index (χ0v) is 15.1. The molecule has 5 heteroatoms. The SMILES string of the molecule is CC(C)n1ccnc1CN1CC[C@]2(CCCN(CC3CC3)C2=O)C1. The van der Waals surface area contributed by atoms with Crippen molar-refractivity contribution >= 4 is 5.91 Å². The van der Waals surface area contributed by atoms with Crippen molar-refractivity contribution in [3.63, 3.8) is 0 Å². The average Bonchev–Trinajstić information content (AvgIpc) is 3.08. The molecular weight excluding hydrogens is 300 g/mol. The monoisotopic (exact) mass is 330 g/mol. The Kier molecular flexibility index (Phi) is 4.15. The minimum Gasteiger partial charge on any atom is -0.342 e. The highest BCUT2D eigenvalue weighted by Gasteiger charge is 2.48. The largest absolute Gasteiger partial charge is 0.342 e. The Morgan fingerprint density at radius 3 is 2.88 bits per heavy atom. The third kappa shape index (κ3) is 2.99. The topological polar surface area (TPSA) is 41.4 Å². The lowest BCUT2D eigenvalue weighted by Gasteiger charge is -2.39. The number of rotatable bonds is 5. The molecule has 132 valence electrons. The van der Waals surface area contributed by atoms with E-state index in [1.807, 2.05) is 6.20 Å². The summed E-state index contributed by atoms with van der Waals surface area (Å²) in [5.74, 6) is 2.36. The zero-order valence-electron chi connectivity index (χ0n) is 15.1. The first-order valence-electron chi connectivity index (χ1n) is 9.61. The van der Waals surface area contributed by atoms with Crippen molar-refractivity contribution in [1.29, 1.82) is 0 Å². The number of nitrogens with zero attached hydrogens (tertiary/aromatic N) is 4. The van der Waals surface area contributed by atoms with Crippen molar-refractivity contribution in [3.05, 3.63) is 18.2 Å². The average molecular weight is 330 g/mol. The van der Waals surface area contributed by atoms with Crippen molar-refractivity contribution in [1.82, 2.24) is 19.4 Å². The van der Waals surface area contributed by atoms with E-state index in [4.69, 9.17) is 0 Å². The fourth-order valence-electron chi connectivity index (χ4n) is 4.55. The highest BCUT2D eigenvalue weighted by molar-refractivity contribution is 5.84. The van der Waals surface area contributed by atoms with Gasteiger partial charge in [0, 0.05) is 38.1 Å². The molecule has 1 aromatic heterocycles. The molecule has 1 spiro atoms. The first-order valence-corrected chi connectivity index (χ1v) is 9.61. The van der Waals surface area contributed by atoms with E-state index in [0.717, 1.165) is 57.3 Å². The van der Waals surface area contributed by atoms with Crippen molar-refractivity contribution in [2.24, 2.45) is 11.3 Å². The molecule has 0 N–H and O–H groups in total. The maximum absolute atomic E-state index is 13.1. The smallest absolute Gasteiger partial charge is 0.230 e. The van der Waals surface area contributed by atoms with Gasteiger partial charge in [0.1, 0.15) is 5.82 Å². The normalized spacial score (nSPS) is 28.5. The third-order valence-electron chi connectivity index (χ3n) is 6.10. The van der Waals surface area contributed by atoms with Crippen LogP contribution in [0.3, 0.4) is 0 Å². The molecule has 1 atom stereocenters. The summed E-state index contributed by atoms with van der Waals surface area (Å²) < 4.78 is 2.24. The summed E-state index contributed by atoms with van der Waals surface area (Å²) in [7, 11) is 0. The summed E-state index contributed by atoms with van der Waals surface area (Å²) in [6, 6.07) is 0.435. The molecule has 0 radical (unpaired) electrons. The van der Waals surface area contributed by atoms with E-state index in [0.29, 0.717) is 11.9 Å². The third-order valence-corrected chi connectivity index (χ3v) is 6.10. The lowest BCUT2D eigenvalue weighted by atomic mass is 9.78. The van der Waals surface area contributed by atoms with Crippen LogP contribution in [0.4, 0.5) is 0 Å². The molecule has 0 aromatic carbocycles. The second-order valence-corrected chi connectivity index (χ2v) is 8.38. The van der Waals surface area contributed by atoms with Gasteiger partial charge < -0.3 is 9.47 Å².